The molecular weight excluding hydrogens is 262 g/mol. The number of hydrogen-bond acceptors (Lipinski definition) is 4. The molecule has 21 heavy (non-hydrogen) atoms. The number of aryl methyl sites for hydroxylation is 1. The molecule has 0 spiro atoms. The summed E-state index contributed by atoms with van der Waals surface area (Å²) in [5, 5.41) is 11.9. The van der Waals surface area contributed by atoms with E-state index in [1.165, 1.54) is 15.9 Å². The zero-order valence-electron chi connectivity index (χ0n) is 11.8. The Morgan fingerprint density at radius 1 is 1.00 bits per heavy atom. The van der Waals surface area contributed by atoms with Crippen molar-refractivity contribution >= 4 is 0 Å². The predicted molar refractivity (Wildman–Crippen MR) is 81.3 cm³/mol. The molecule has 0 saturated heterocycles. The highest BCUT2D eigenvalue weighted by Crippen LogP contribution is 2.20. The molecule has 5 nitrogen and oxygen atoms in total. The first-order valence-electron chi connectivity index (χ1n) is 6.86. The molecule has 0 radical (unpaired) electrons. The molecule has 3 rings (SSSR count). The van der Waals surface area contributed by atoms with Crippen molar-refractivity contribution in [2.45, 2.75) is 12.5 Å². The summed E-state index contributed by atoms with van der Waals surface area (Å²) in [5.74, 6) is 0.574. The van der Waals surface area contributed by atoms with Crippen LogP contribution in [-0.2, 0) is 13.5 Å². The normalized spacial score (nSPS) is 12.3. The van der Waals surface area contributed by atoms with E-state index >= 15 is 0 Å². The van der Waals surface area contributed by atoms with Crippen molar-refractivity contribution in [2.75, 3.05) is 0 Å². The fraction of sp³-hybridized carbons (Fsp3) is 0.188. The molecule has 0 amide bonds. The maximum atomic E-state index is 6.11. The van der Waals surface area contributed by atoms with Gasteiger partial charge in [-0.05, 0) is 28.3 Å². The molecule has 0 aliphatic rings. The summed E-state index contributed by atoms with van der Waals surface area (Å²) in [6, 6.07) is 18.5. The lowest BCUT2D eigenvalue weighted by Crippen LogP contribution is -2.15. The topological polar surface area (TPSA) is 69.6 Å². The molecule has 1 heterocycles. The lowest BCUT2D eigenvalue weighted by atomic mass is 10.0. The smallest absolute Gasteiger partial charge is 0.191 e. The van der Waals surface area contributed by atoms with Gasteiger partial charge in [0.1, 0.15) is 0 Å². The van der Waals surface area contributed by atoms with Crippen LogP contribution in [0.1, 0.15) is 17.4 Å². The Balaban J connectivity index is 1.73. The Bertz CT molecular complexity index is 703. The van der Waals surface area contributed by atoms with E-state index in [1.807, 2.05) is 18.2 Å². The summed E-state index contributed by atoms with van der Waals surface area (Å²) in [5.41, 5.74) is 9.68. The van der Waals surface area contributed by atoms with Gasteiger partial charge in [-0.15, -0.1) is 10.2 Å². The van der Waals surface area contributed by atoms with E-state index in [1.54, 1.807) is 7.05 Å². The number of aromatic nitrogens is 4. The van der Waals surface area contributed by atoms with E-state index < -0.39 is 0 Å². The fourth-order valence-corrected chi connectivity index (χ4v) is 2.26. The molecule has 1 unspecified atom stereocenters. The van der Waals surface area contributed by atoms with Gasteiger partial charge in [0.25, 0.3) is 0 Å². The van der Waals surface area contributed by atoms with Gasteiger partial charge in [0.2, 0.25) is 0 Å². The molecule has 1 atom stereocenters. The minimum absolute atomic E-state index is 0.235. The van der Waals surface area contributed by atoms with E-state index in [0.717, 1.165) is 5.56 Å². The van der Waals surface area contributed by atoms with Gasteiger partial charge >= 0.3 is 0 Å². The molecular formula is C16H17N5. The van der Waals surface area contributed by atoms with Gasteiger partial charge in [-0.1, -0.05) is 54.6 Å². The zero-order chi connectivity index (χ0) is 14.7. The first kappa shape index (κ1) is 13.5. The second-order valence-corrected chi connectivity index (χ2v) is 5.01. The third kappa shape index (κ3) is 3.14. The Morgan fingerprint density at radius 2 is 1.67 bits per heavy atom. The Labute approximate surface area is 123 Å². The number of nitrogens with two attached hydrogens (primary N) is 1. The minimum atomic E-state index is -0.235. The third-order valence-electron chi connectivity index (χ3n) is 3.37. The highest BCUT2D eigenvalue weighted by atomic mass is 15.6. The molecule has 1 aromatic heterocycles. The van der Waals surface area contributed by atoms with Crippen LogP contribution in [0, 0.1) is 0 Å². The lowest BCUT2D eigenvalue weighted by molar-refractivity contribution is 0.616. The van der Waals surface area contributed by atoms with Crippen LogP contribution in [0.2, 0.25) is 0 Å². The SMILES string of the molecule is Cn1nnc(C(N)Cc2ccc(-c3ccccc3)cc2)n1. The number of benzene rings is 2. The van der Waals surface area contributed by atoms with E-state index in [4.69, 9.17) is 5.73 Å². The zero-order valence-corrected chi connectivity index (χ0v) is 11.8. The summed E-state index contributed by atoms with van der Waals surface area (Å²) in [6.07, 6.45) is 0.695. The molecule has 0 fully saturated rings. The Hall–Kier alpha value is -2.53. The molecule has 2 aromatic carbocycles. The maximum absolute atomic E-state index is 6.11. The van der Waals surface area contributed by atoms with Crippen molar-refractivity contribution in [3.8, 4) is 11.1 Å². The van der Waals surface area contributed by atoms with Gasteiger partial charge in [0.05, 0.1) is 13.1 Å². The van der Waals surface area contributed by atoms with Crippen LogP contribution in [0.25, 0.3) is 11.1 Å². The van der Waals surface area contributed by atoms with Crippen LogP contribution in [0.4, 0.5) is 0 Å². The number of nitrogens with zero attached hydrogens (tertiary/aromatic N) is 4. The van der Waals surface area contributed by atoms with E-state index in [9.17, 15) is 0 Å². The van der Waals surface area contributed by atoms with E-state index in [0.29, 0.717) is 12.2 Å². The van der Waals surface area contributed by atoms with Gasteiger partial charge < -0.3 is 5.73 Å². The Kier molecular flexibility index (Phi) is 3.75. The van der Waals surface area contributed by atoms with Crippen molar-refractivity contribution in [1.29, 1.82) is 0 Å². The fourth-order valence-electron chi connectivity index (χ4n) is 2.26. The predicted octanol–water partition coefficient (Wildman–Crippen LogP) is 2.12. The molecule has 0 aliphatic heterocycles. The second-order valence-electron chi connectivity index (χ2n) is 5.01. The van der Waals surface area contributed by atoms with Gasteiger partial charge in [-0.2, -0.15) is 4.80 Å². The average Bonchev–Trinajstić information content (AvgIpc) is 2.96. The summed E-state index contributed by atoms with van der Waals surface area (Å²) >= 11 is 0. The van der Waals surface area contributed by atoms with Crippen molar-refractivity contribution in [2.24, 2.45) is 12.8 Å². The third-order valence-corrected chi connectivity index (χ3v) is 3.37. The standard InChI is InChI=1S/C16H17N5/c1-21-19-16(18-20-21)15(17)11-12-7-9-14(10-8-12)13-5-3-2-4-6-13/h2-10,15H,11,17H2,1H3. The van der Waals surface area contributed by atoms with Crippen LogP contribution in [-0.4, -0.2) is 20.2 Å². The summed E-state index contributed by atoms with van der Waals surface area (Å²) < 4.78 is 0. The molecule has 5 heteroatoms. The quantitative estimate of drug-likeness (QED) is 0.794. The highest BCUT2D eigenvalue weighted by Gasteiger charge is 2.12. The lowest BCUT2D eigenvalue weighted by Gasteiger charge is -2.08. The molecule has 0 saturated carbocycles. The van der Waals surface area contributed by atoms with Gasteiger partial charge in [-0.3, -0.25) is 0 Å². The Morgan fingerprint density at radius 3 is 2.29 bits per heavy atom. The summed E-state index contributed by atoms with van der Waals surface area (Å²) in [4.78, 5) is 1.42. The van der Waals surface area contributed by atoms with Crippen molar-refractivity contribution < 1.29 is 0 Å². The molecule has 0 bridgehead atoms. The second kappa shape index (κ2) is 5.85. The van der Waals surface area contributed by atoms with Crippen LogP contribution in [0.3, 0.4) is 0 Å². The largest absolute Gasteiger partial charge is 0.321 e. The monoisotopic (exact) mass is 279 g/mol. The summed E-state index contributed by atoms with van der Waals surface area (Å²) in [6.45, 7) is 0. The van der Waals surface area contributed by atoms with Crippen LogP contribution < -0.4 is 5.73 Å². The molecule has 0 aliphatic carbocycles. The number of hydrogen-bond donors (Lipinski definition) is 1. The van der Waals surface area contributed by atoms with Crippen molar-refractivity contribution in [1.82, 2.24) is 20.2 Å². The first-order valence-corrected chi connectivity index (χ1v) is 6.86. The van der Waals surface area contributed by atoms with Crippen LogP contribution >= 0.6 is 0 Å². The summed E-state index contributed by atoms with van der Waals surface area (Å²) in [7, 11) is 1.73. The van der Waals surface area contributed by atoms with E-state index in [2.05, 4.69) is 51.8 Å². The number of tetrazole rings is 1. The minimum Gasteiger partial charge on any atom is -0.321 e. The van der Waals surface area contributed by atoms with Crippen LogP contribution in [0.15, 0.2) is 54.6 Å². The van der Waals surface area contributed by atoms with Gasteiger partial charge in [-0.25, -0.2) is 0 Å². The van der Waals surface area contributed by atoms with Gasteiger partial charge in [0, 0.05) is 0 Å². The molecule has 106 valence electrons. The number of rotatable bonds is 4. The van der Waals surface area contributed by atoms with Crippen molar-refractivity contribution in [3.63, 3.8) is 0 Å². The molecule has 3 aromatic rings. The maximum Gasteiger partial charge on any atom is 0.191 e. The van der Waals surface area contributed by atoms with E-state index in [-0.39, 0.29) is 6.04 Å². The van der Waals surface area contributed by atoms with Gasteiger partial charge in [0.15, 0.2) is 5.82 Å². The average molecular weight is 279 g/mol. The van der Waals surface area contributed by atoms with Crippen LogP contribution in [0.5, 0.6) is 0 Å². The molecule has 2 N–H and O–H groups in total. The highest BCUT2D eigenvalue weighted by molar-refractivity contribution is 5.63. The van der Waals surface area contributed by atoms with Crippen molar-refractivity contribution in [3.05, 3.63) is 66.0 Å². The first-order chi connectivity index (χ1) is 10.2.